The van der Waals surface area contributed by atoms with E-state index >= 15 is 0 Å². The summed E-state index contributed by atoms with van der Waals surface area (Å²) in [7, 11) is 1.31. The van der Waals surface area contributed by atoms with Gasteiger partial charge in [-0.05, 0) is 18.8 Å². The van der Waals surface area contributed by atoms with Gasteiger partial charge in [0.2, 0.25) is 0 Å². The molecule has 1 rings (SSSR count). The van der Waals surface area contributed by atoms with E-state index in [0.29, 0.717) is 0 Å². The molecule has 0 bridgehead atoms. The molecule has 0 spiro atoms. The lowest BCUT2D eigenvalue weighted by atomic mass is 10.2. The number of hydroxylamine groups is 1. The number of ether oxygens (including phenoxy) is 1. The highest BCUT2D eigenvalue weighted by Gasteiger charge is 2.36. The van der Waals surface area contributed by atoms with E-state index in [1.807, 2.05) is 5.48 Å². The third-order valence-corrected chi connectivity index (χ3v) is 1.69. The van der Waals surface area contributed by atoms with Gasteiger partial charge in [0.25, 0.3) is 0 Å². The first-order valence-corrected chi connectivity index (χ1v) is 3.27. The molecule has 0 aromatic heterocycles. The van der Waals surface area contributed by atoms with E-state index in [0.717, 1.165) is 12.8 Å². The summed E-state index contributed by atoms with van der Waals surface area (Å²) in [5.74, 6) is -0.109. The molecule has 0 radical (unpaired) electrons. The average Bonchev–Trinajstić information content (AvgIpc) is 2.73. The van der Waals surface area contributed by atoms with Crippen LogP contribution in [0.15, 0.2) is 0 Å². The second-order valence-corrected chi connectivity index (χ2v) is 2.47. The first-order valence-electron chi connectivity index (χ1n) is 3.27. The summed E-state index contributed by atoms with van der Waals surface area (Å²) in [4.78, 5) is 10.8. The summed E-state index contributed by atoms with van der Waals surface area (Å²) in [6.45, 7) is 0. The van der Waals surface area contributed by atoms with Gasteiger partial charge in [0.1, 0.15) is 6.04 Å². The topological polar surface area (TPSA) is 58.6 Å². The van der Waals surface area contributed by atoms with Gasteiger partial charge in [0.05, 0.1) is 7.11 Å². The van der Waals surface area contributed by atoms with Crippen molar-refractivity contribution in [3.8, 4) is 0 Å². The van der Waals surface area contributed by atoms with Gasteiger partial charge >= 0.3 is 5.97 Å². The van der Waals surface area contributed by atoms with Gasteiger partial charge in [-0.15, -0.1) is 12.4 Å². The van der Waals surface area contributed by atoms with Crippen LogP contribution in [0.2, 0.25) is 0 Å². The molecule has 0 heterocycles. The lowest BCUT2D eigenvalue weighted by molar-refractivity contribution is -0.146. The van der Waals surface area contributed by atoms with Crippen molar-refractivity contribution in [3.05, 3.63) is 0 Å². The maximum absolute atomic E-state index is 10.8. The SMILES string of the molecule is COC(=O)C(NO)C1CC1.Cl. The van der Waals surface area contributed by atoms with Gasteiger partial charge < -0.3 is 9.94 Å². The van der Waals surface area contributed by atoms with Crippen molar-refractivity contribution in [1.29, 1.82) is 0 Å². The zero-order chi connectivity index (χ0) is 7.56. The zero-order valence-electron chi connectivity index (χ0n) is 6.24. The molecule has 66 valence electrons. The molecule has 1 saturated carbocycles. The second-order valence-electron chi connectivity index (χ2n) is 2.47. The molecule has 0 saturated heterocycles. The zero-order valence-corrected chi connectivity index (χ0v) is 7.06. The lowest BCUT2D eigenvalue weighted by Gasteiger charge is -2.09. The molecule has 4 nitrogen and oxygen atoms in total. The molecule has 1 aliphatic carbocycles. The van der Waals surface area contributed by atoms with E-state index in [4.69, 9.17) is 5.21 Å². The summed E-state index contributed by atoms with van der Waals surface area (Å²) in [6, 6.07) is -0.509. The monoisotopic (exact) mass is 181 g/mol. The van der Waals surface area contributed by atoms with Crippen LogP contribution in [0.4, 0.5) is 0 Å². The molecule has 1 unspecified atom stereocenters. The number of esters is 1. The van der Waals surface area contributed by atoms with E-state index in [2.05, 4.69) is 4.74 Å². The number of carbonyl (C=O) groups is 1. The van der Waals surface area contributed by atoms with Crippen LogP contribution in [0.25, 0.3) is 0 Å². The largest absolute Gasteiger partial charge is 0.468 e. The fourth-order valence-electron chi connectivity index (χ4n) is 0.907. The number of methoxy groups -OCH3 is 1. The van der Waals surface area contributed by atoms with Crippen molar-refractivity contribution in [2.24, 2.45) is 5.92 Å². The molecule has 5 heteroatoms. The fraction of sp³-hybridized carbons (Fsp3) is 0.833. The molecule has 1 atom stereocenters. The van der Waals surface area contributed by atoms with Crippen LogP contribution in [0.5, 0.6) is 0 Å². The minimum Gasteiger partial charge on any atom is -0.468 e. The minimum atomic E-state index is -0.509. The van der Waals surface area contributed by atoms with Crippen LogP contribution in [0, 0.1) is 5.92 Å². The number of halogens is 1. The highest BCUT2D eigenvalue weighted by molar-refractivity contribution is 5.85. The summed E-state index contributed by atoms with van der Waals surface area (Å²) in [6.07, 6.45) is 1.99. The van der Waals surface area contributed by atoms with Gasteiger partial charge in [-0.3, -0.25) is 4.79 Å². The number of hydrogen-bond acceptors (Lipinski definition) is 4. The summed E-state index contributed by atoms with van der Waals surface area (Å²) in [5, 5.41) is 8.49. The maximum Gasteiger partial charge on any atom is 0.325 e. The van der Waals surface area contributed by atoms with Crippen molar-refractivity contribution < 1.29 is 14.7 Å². The van der Waals surface area contributed by atoms with E-state index in [1.165, 1.54) is 7.11 Å². The first-order chi connectivity index (χ1) is 4.79. The van der Waals surface area contributed by atoms with Crippen LogP contribution < -0.4 is 5.48 Å². The molecule has 1 aliphatic rings. The molecular weight excluding hydrogens is 170 g/mol. The Kier molecular flexibility index (Phi) is 4.40. The molecule has 11 heavy (non-hydrogen) atoms. The predicted octanol–water partition coefficient (Wildman–Crippen LogP) is 0.339. The minimum absolute atomic E-state index is 0. The van der Waals surface area contributed by atoms with Crippen molar-refractivity contribution in [3.63, 3.8) is 0 Å². The highest BCUT2D eigenvalue weighted by Crippen LogP contribution is 2.32. The maximum atomic E-state index is 10.8. The third-order valence-electron chi connectivity index (χ3n) is 1.69. The Hall–Kier alpha value is -0.320. The van der Waals surface area contributed by atoms with Crippen LogP contribution in [0.1, 0.15) is 12.8 Å². The summed E-state index contributed by atoms with van der Waals surface area (Å²) in [5.41, 5.74) is 1.94. The first kappa shape index (κ1) is 10.7. The van der Waals surface area contributed by atoms with Crippen LogP contribution >= 0.6 is 12.4 Å². The Morgan fingerprint density at radius 2 is 2.27 bits per heavy atom. The smallest absolute Gasteiger partial charge is 0.325 e. The Bertz CT molecular complexity index is 138. The van der Waals surface area contributed by atoms with Crippen LogP contribution in [-0.2, 0) is 9.53 Å². The van der Waals surface area contributed by atoms with Gasteiger partial charge in [-0.25, -0.2) is 0 Å². The van der Waals surface area contributed by atoms with Gasteiger partial charge in [0, 0.05) is 0 Å². The van der Waals surface area contributed by atoms with E-state index < -0.39 is 6.04 Å². The number of hydrogen-bond donors (Lipinski definition) is 2. The standard InChI is InChI=1S/C6H11NO3.ClH/c1-10-6(8)5(7-9)4-2-3-4;/h4-5,7,9H,2-3H2,1H3;1H. The number of nitrogens with one attached hydrogen (secondary N) is 1. The van der Waals surface area contributed by atoms with Crippen LogP contribution in [0.3, 0.4) is 0 Å². The van der Waals surface area contributed by atoms with Crippen molar-refractivity contribution in [2.45, 2.75) is 18.9 Å². The third kappa shape index (κ3) is 2.65. The van der Waals surface area contributed by atoms with Gasteiger partial charge in [-0.1, -0.05) is 0 Å². The molecule has 0 aliphatic heterocycles. The number of rotatable bonds is 3. The number of carbonyl (C=O) groups excluding carboxylic acids is 1. The Labute approximate surface area is 71.3 Å². The van der Waals surface area contributed by atoms with Gasteiger partial charge in [0.15, 0.2) is 0 Å². The van der Waals surface area contributed by atoms with Gasteiger partial charge in [-0.2, -0.15) is 5.48 Å². The van der Waals surface area contributed by atoms with E-state index in [-0.39, 0.29) is 24.3 Å². The quantitative estimate of drug-likeness (QED) is 0.487. The molecular formula is C6H12ClNO3. The highest BCUT2D eigenvalue weighted by atomic mass is 35.5. The van der Waals surface area contributed by atoms with Crippen molar-refractivity contribution in [2.75, 3.05) is 7.11 Å². The average molecular weight is 182 g/mol. The van der Waals surface area contributed by atoms with E-state index in [9.17, 15) is 4.79 Å². The Morgan fingerprint density at radius 1 is 1.73 bits per heavy atom. The molecule has 0 amide bonds. The Balaban J connectivity index is 0.000001000. The van der Waals surface area contributed by atoms with Crippen molar-refractivity contribution in [1.82, 2.24) is 5.48 Å². The van der Waals surface area contributed by atoms with E-state index in [1.54, 1.807) is 0 Å². The lowest BCUT2D eigenvalue weighted by Crippen LogP contribution is -2.37. The molecule has 1 fully saturated rings. The van der Waals surface area contributed by atoms with Crippen LogP contribution in [-0.4, -0.2) is 24.3 Å². The molecule has 2 N–H and O–H groups in total. The fourth-order valence-corrected chi connectivity index (χ4v) is 0.907. The molecule has 0 aromatic rings. The Morgan fingerprint density at radius 3 is 2.55 bits per heavy atom. The van der Waals surface area contributed by atoms with Crippen molar-refractivity contribution >= 4 is 18.4 Å². The summed E-state index contributed by atoms with van der Waals surface area (Å²) < 4.78 is 4.44. The normalized spacial score (nSPS) is 18.4. The predicted molar refractivity (Wildman–Crippen MR) is 40.7 cm³/mol. The molecule has 0 aromatic carbocycles. The second kappa shape index (κ2) is 4.54. The summed E-state index contributed by atoms with van der Waals surface area (Å²) >= 11 is 0.